The first-order valence-electron chi connectivity index (χ1n) is 7.79. The summed E-state index contributed by atoms with van der Waals surface area (Å²) >= 11 is 14.6. The molecule has 138 valence electrons. The third-order valence-electron chi connectivity index (χ3n) is 4.80. The number of methoxy groups -OCH3 is 1. The van der Waals surface area contributed by atoms with Crippen LogP contribution in [-0.4, -0.2) is 32.4 Å². The van der Waals surface area contributed by atoms with Crippen molar-refractivity contribution < 1.29 is 13.2 Å². The fraction of sp³-hybridized carbons (Fsp3) is 0.278. The SMILES string of the molecule is COCC1(C(N)=S)C(c2ccc(Br)cc2)C1S(=O)(=O)c1ccc(Cl)cc1. The van der Waals surface area contributed by atoms with Gasteiger partial charge in [0.1, 0.15) is 0 Å². The first-order valence-corrected chi connectivity index (χ1v) is 10.9. The topological polar surface area (TPSA) is 69.4 Å². The van der Waals surface area contributed by atoms with Gasteiger partial charge in [-0.1, -0.05) is 51.9 Å². The minimum Gasteiger partial charge on any atom is -0.393 e. The van der Waals surface area contributed by atoms with Crippen molar-refractivity contribution in [3.63, 3.8) is 0 Å². The molecule has 0 aromatic heterocycles. The van der Waals surface area contributed by atoms with Gasteiger partial charge in [0.15, 0.2) is 9.84 Å². The Hall–Kier alpha value is -0.990. The van der Waals surface area contributed by atoms with Crippen LogP contribution in [0.4, 0.5) is 0 Å². The van der Waals surface area contributed by atoms with Gasteiger partial charge in [-0.3, -0.25) is 0 Å². The number of benzene rings is 2. The predicted molar refractivity (Wildman–Crippen MR) is 110 cm³/mol. The Morgan fingerprint density at radius 3 is 2.31 bits per heavy atom. The van der Waals surface area contributed by atoms with Crippen molar-refractivity contribution >= 4 is 54.6 Å². The molecule has 3 rings (SSSR count). The average molecular weight is 475 g/mol. The Kier molecular flexibility index (Phi) is 5.48. The van der Waals surface area contributed by atoms with Crippen LogP contribution in [0.2, 0.25) is 5.02 Å². The van der Waals surface area contributed by atoms with E-state index < -0.39 is 20.5 Å². The molecule has 0 heterocycles. The Morgan fingerprint density at radius 1 is 1.23 bits per heavy atom. The van der Waals surface area contributed by atoms with Crippen LogP contribution in [0.3, 0.4) is 0 Å². The zero-order valence-corrected chi connectivity index (χ0v) is 17.8. The maximum atomic E-state index is 13.3. The molecule has 0 spiro atoms. The lowest BCUT2D eigenvalue weighted by atomic mass is 10.00. The van der Waals surface area contributed by atoms with Crippen LogP contribution in [0.5, 0.6) is 0 Å². The zero-order chi connectivity index (χ0) is 19.1. The van der Waals surface area contributed by atoms with Gasteiger partial charge in [0, 0.05) is 22.5 Å². The van der Waals surface area contributed by atoms with E-state index in [1.807, 2.05) is 24.3 Å². The number of rotatable bonds is 6. The second-order valence-corrected chi connectivity index (χ2v) is 10.1. The maximum absolute atomic E-state index is 13.3. The van der Waals surface area contributed by atoms with Crippen molar-refractivity contribution in [2.24, 2.45) is 11.1 Å². The van der Waals surface area contributed by atoms with Gasteiger partial charge in [-0.2, -0.15) is 0 Å². The van der Waals surface area contributed by atoms with Gasteiger partial charge in [0.2, 0.25) is 0 Å². The molecular formula is C18H17BrClNO3S2. The molecule has 0 aliphatic heterocycles. The molecule has 3 atom stereocenters. The summed E-state index contributed by atoms with van der Waals surface area (Å²) in [5.41, 5.74) is 5.95. The van der Waals surface area contributed by atoms with Crippen molar-refractivity contribution in [3.8, 4) is 0 Å². The van der Waals surface area contributed by atoms with Crippen molar-refractivity contribution in [2.45, 2.75) is 16.1 Å². The van der Waals surface area contributed by atoms with Crippen LogP contribution in [-0.2, 0) is 14.6 Å². The fourth-order valence-corrected chi connectivity index (χ4v) is 6.71. The highest BCUT2D eigenvalue weighted by atomic mass is 79.9. The second kappa shape index (κ2) is 7.20. The molecule has 0 bridgehead atoms. The van der Waals surface area contributed by atoms with Crippen LogP contribution in [0.25, 0.3) is 0 Å². The van der Waals surface area contributed by atoms with E-state index in [1.165, 1.54) is 19.2 Å². The van der Waals surface area contributed by atoms with E-state index in [0.717, 1.165) is 10.0 Å². The predicted octanol–water partition coefficient (Wildman–Crippen LogP) is 3.96. The van der Waals surface area contributed by atoms with E-state index in [9.17, 15) is 8.42 Å². The summed E-state index contributed by atoms with van der Waals surface area (Å²) in [6.45, 7) is 0.139. The number of ether oxygens (including phenoxy) is 1. The molecule has 4 nitrogen and oxygen atoms in total. The summed E-state index contributed by atoms with van der Waals surface area (Å²) < 4.78 is 32.9. The normalized spacial score (nSPS) is 25.0. The molecule has 1 aliphatic rings. The van der Waals surface area contributed by atoms with E-state index in [-0.39, 0.29) is 22.4 Å². The molecule has 1 saturated carbocycles. The summed E-state index contributed by atoms with van der Waals surface area (Å²) in [7, 11) is -2.17. The van der Waals surface area contributed by atoms with Crippen molar-refractivity contribution in [3.05, 3.63) is 63.6 Å². The van der Waals surface area contributed by atoms with E-state index in [0.29, 0.717) is 5.02 Å². The van der Waals surface area contributed by atoms with Crippen molar-refractivity contribution in [1.82, 2.24) is 0 Å². The molecule has 0 amide bonds. The highest BCUT2D eigenvalue weighted by molar-refractivity contribution is 9.10. The van der Waals surface area contributed by atoms with E-state index in [2.05, 4.69) is 15.9 Å². The second-order valence-electron chi connectivity index (χ2n) is 6.29. The van der Waals surface area contributed by atoms with Gasteiger partial charge in [-0.25, -0.2) is 8.42 Å². The van der Waals surface area contributed by atoms with Crippen molar-refractivity contribution in [1.29, 1.82) is 0 Å². The van der Waals surface area contributed by atoms with E-state index in [1.54, 1.807) is 12.1 Å². The van der Waals surface area contributed by atoms with Crippen LogP contribution in [0.1, 0.15) is 11.5 Å². The number of thiocarbonyl (C=S) groups is 1. The molecule has 2 aromatic rings. The summed E-state index contributed by atoms with van der Waals surface area (Å²) in [5, 5.41) is -0.309. The Bertz CT molecular complexity index is 932. The highest BCUT2D eigenvalue weighted by Gasteiger charge is 2.73. The van der Waals surface area contributed by atoms with Gasteiger partial charge in [-0.05, 0) is 42.0 Å². The van der Waals surface area contributed by atoms with E-state index in [4.69, 9.17) is 34.3 Å². The third-order valence-corrected chi connectivity index (χ3v) is 8.26. The molecule has 3 unspecified atom stereocenters. The van der Waals surface area contributed by atoms with Crippen LogP contribution >= 0.6 is 39.7 Å². The quantitative estimate of drug-likeness (QED) is 0.642. The largest absolute Gasteiger partial charge is 0.393 e. The fourth-order valence-electron chi connectivity index (χ4n) is 3.55. The summed E-state index contributed by atoms with van der Waals surface area (Å²) in [6, 6.07) is 13.6. The van der Waals surface area contributed by atoms with E-state index >= 15 is 0 Å². The molecule has 1 fully saturated rings. The molecular weight excluding hydrogens is 458 g/mol. The van der Waals surface area contributed by atoms with Crippen LogP contribution in [0, 0.1) is 5.41 Å². The molecule has 1 aliphatic carbocycles. The minimum atomic E-state index is -3.68. The summed E-state index contributed by atoms with van der Waals surface area (Å²) in [6.07, 6.45) is 0. The number of nitrogens with two attached hydrogens (primary N) is 1. The Labute approximate surface area is 171 Å². The number of halogens is 2. The molecule has 8 heteroatoms. The summed E-state index contributed by atoms with van der Waals surface area (Å²) in [5.74, 6) is -0.367. The van der Waals surface area contributed by atoms with Gasteiger partial charge in [0.05, 0.1) is 27.2 Å². The van der Waals surface area contributed by atoms with Crippen LogP contribution < -0.4 is 5.73 Å². The number of hydrogen-bond acceptors (Lipinski definition) is 4. The zero-order valence-electron chi connectivity index (χ0n) is 13.9. The van der Waals surface area contributed by atoms with Gasteiger partial charge >= 0.3 is 0 Å². The van der Waals surface area contributed by atoms with Gasteiger partial charge in [0.25, 0.3) is 0 Å². The minimum absolute atomic E-state index is 0.139. The summed E-state index contributed by atoms with van der Waals surface area (Å²) in [4.78, 5) is 0.345. The first-order chi connectivity index (χ1) is 12.2. The average Bonchev–Trinajstić information content (AvgIpc) is 3.27. The number of hydrogen-bond donors (Lipinski definition) is 1. The maximum Gasteiger partial charge on any atom is 0.182 e. The smallest absolute Gasteiger partial charge is 0.182 e. The first kappa shape index (κ1) is 19.8. The lowest BCUT2D eigenvalue weighted by Gasteiger charge is -2.16. The Balaban J connectivity index is 2.11. The number of sulfone groups is 1. The molecule has 0 radical (unpaired) electrons. The third kappa shape index (κ3) is 3.20. The molecule has 26 heavy (non-hydrogen) atoms. The monoisotopic (exact) mass is 473 g/mol. The Morgan fingerprint density at radius 2 is 1.81 bits per heavy atom. The van der Waals surface area contributed by atoms with Crippen LogP contribution in [0.15, 0.2) is 57.9 Å². The lowest BCUT2D eigenvalue weighted by molar-refractivity contribution is 0.166. The van der Waals surface area contributed by atoms with Gasteiger partial charge in [-0.15, -0.1) is 0 Å². The van der Waals surface area contributed by atoms with Crippen molar-refractivity contribution in [2.75, 3.05) is 13.7 Å². The molecule has 2 N–H and O–H groups in total. The van der Waals surface area contributed by atoms with Gasteiger partial charge < -0.3 is 10.5 Å². The molecule has 0 saturated heterocycles. The highest BCUT2D eigenvalue weighted by Crippen LogP contribution is 2.64. The standard InChI is InChI=1S/C18H17BrClNO3S2/c1-24-10-18(17(21)25)15(11-2-4-12(19)5-3-11)16(18)26(22,23)14-8-6-13(20)7-9-14/h2-9,15-16H,10H2,1H3,(H2,21,25). The lowest BCUT2D eigenvalue weighted by Crippen LogP contribution is -2.33. The molecule has 2 aromatic carbocycles.